The molecule has 0 aliphatic carbocycles. The SMILES string of the molecule is O=C(CC(CS(=O)(=O)Cc1ccc(Cl)cc1)c1ccc(Cl)cc1)NNC(=S)[S-].[K+]. The van der Waals surface area contributed by atoms with Gasteiger partial charge in [-0.3, -0.25) is 10.2 Å². The first-order valence-electron chi connectivity index (χ1n) is 8.11. The first-order valence-corrected chi connectivity index (χ1v) is 11.5. The normalized spacial score (nSPS) is 11.8. The molecule has 1 unspecified atom stereocenters. The number of hydrogen-bond donors (Lipinski definition) is 2. The molecule has 0 aromatic heterocycles. The predicted molar refractivity (Wildman–Crippen MR) is 119 cm³/mol. The smallest absolute Gasteiger partial charge is 0.410 e. The largest absolute Gasteiger partial charge is 1.00 e. The average molecular weight is 516 g/mol. The third-order valence-corrected chi connectivity index (χ3v) is 6.22. The van der Waals surface area contributed by atoms with Gasteiger partial charge >= 0.3 is 51.4 Å². The minimum absolute atomic E-state index is 0. The third-order valence-electron chi connectivity index (χ3n) is 3.83. The van der Waals surface area contributed by atoms with Crippen LogP contribution in [0.1, 0.15) is 23.5 Å². The number of thiocarbonyl (C=S) groups is 1. The summed E-state index contributed by atoms with van der Waals surface area (Å²) in [5.41, 5.74) is 6.07. The third kappa shape index (κ3) is 10.4. The van der Waals surface area contributed by atoms with Crippen LogP contribution in [0.3, 0.4) is 0 Å². The number of benzene rings is 2. The number of hydrogen-bond acceptors (Lipinski definition) is 5. The van der Waals surface area contributed by atoms with E-state index in [9.17, 15) is 13.2 Å². The summed E-state index contributed by atoms with van der Waals surface area (Å²) in [6.45, 7) is 0. The van der Waals surface area contributed by atoms with Gasteiger partial charge in [0.05, 0.1) is 11.5 Å². The van der Waals surface area contributed by atoms with Crippen LogP contribution in [0.4, 0.5) is 0 Å². The van der Waals surface area contributed by atoms with Crippen molar-refractivity contribution in [3.8, 4) is 0 Å². The number of amides is 1. The molecule has 0 fully saturated rings. The van der Waals surface area contributed by atoms with Gasteiger partial charge < -0.3 is 30.3 Å². The Hall–Kier alpha value is 0.186. The van der Waals surface area contributed by atoms with Crippen molar-refractivity contribution in [1.82, 2.24) is 10.9 Å². The van der Waals surface area contributed by atoms with E-state index >= 15 is 0 Å². The van der Waals surface area contributed by atoms with Crippen molar-refractivity contribution >= 4 is 68.1 Å². The number of halogens is 2. The van der Waals surface area contributed by atoms with Gasteiger partial charge in [-0.15, -0.1) is 0 Å². The van der Waals surface area contributed by atoms with Gasteiger partial charge in [-0.25, -0.2) is 8.42 Å². The summed E-state index contributed by atoms with van der Waals surface area (Å²) < 4.78 is 25.5. The number of carbonyl (C=O) groups is 1. The van der Waals surface area contributed by atoms with E-state index < -0.39 is 21.7 Å². The van der Waals surface area contributed by atoms with E-state index in [0.29, 0.717) is 21.2 Å². The van der Waals surface area contributed by atoms with Crippen molar-refractivity contribution in [3.63, 3.8) is 0 Å². The van der Waals surface area contributed by atoms with Crippen molar-refractivity contribution in [3.05, 3.63) is 69.7 Å². The number of hydrazine groups is 1. The van der Waals surface area contributed by atoms with Gasteiger partial charge in [-0.05, 0) is 39.7 Å². The van der Waals surface area contributed by atoms with Crippen molar-refractivity contribution in [2.24, 2.45) is 0 Å². The van der Waals surface area contributed by atoms with E-state index in [1.54, 1.807) is 48.5 Å². The molecule has 0 bridgehead atoms. The second kappa shape index (κ2) is 12.9. The minimum atomic E-state index is -3.50. The Morgan fingerprint density at radius 3 is 2.03 bits per heavy atom. The van der Waals surface area contributed by atoms with Gasteiger partial charge in [0.2, 0.25) is 5.91 Å². The molecule has 150 valence electrons. The van der Waals surface area contributed by atoms with Crippen molar-refractivity contribution < 1.29 is 64.6 Å². The molecule has 2 N–H and O–H groups in total. The molecule has 0 aliphatic rings. The van der Waals surface area contributed by atoms with Crippen LogP contribution < -0.4 is 62.2 Å². The Morgan fingerprint density at radius 2 is 1.52 bits per heavy atom. The maximum atomic E-state index is 12.7. The molecule has 1 atom stereocenters. The maximum absolute atomic E-state index is 12.7. The van der Waals surface area contributed by atoms with Crippen molar-refractivity contribution in [1.29, 1.82) is 0 Å². The zero-order chi connectivity index (χ0) is 20.7. The van der Waals surface area contributed by atoms with Crippen molar-refractivity contribution in [2.75, 3.05) is 5.75 Å². The monoisotopic (exact) mass is 514 g/mol. The number of nitrogens with one attached hydrogen (secondary N) is 2. The molecule has 0 aliphatic heterocycles. The Morgan fingerprint density at radius 1 is 1.00 bits per heavy atom. The van der Waals surface area contributed by atoms with E-state index in [-0.39, 0.29) is 73.6 Å². The molecule has 5 nitrogen and oxygen atoms in total. The van der Waals surface area contributed by atoms with Crippen LogP contribution in [-0.2, 0) is 33.0 Å². The first-order chi connectivity index (χ1) is 13.1. The van der Waals surface area contributed by atoms with Crippen LogP contribution in [0.2, 0.25) is 10.0 Å². The van der Waals surface area contributed by atoms with Gasteiger partial charge in [0.15, 0.2) is 9.84 Å². The summed E-state index contributed by atoms with van der Waals surface area (Å²) in [4.78, 5) is 12.2. The summed E-state index contributed by atoms with van der Waals surface area (Å²) in [7, 11) is -3.50. The molecule has 0 saturated heterocycles. The quantitative estimate of drug-likeness (QED) is 0.243. The van der Waals surface area contributed by atoms with Crippen LogP contribution in [0.15, 0.2) is 48.5 Å². The van der Waals surface area contributed by atoms with E-state index in [0.717, 1.165) is 0 Å². The fourth-order valence-corrected chi connectivity index (χ4v) is 4.70. The molecule has 0 spiro atoms. The van der Waals surface area contributed by atoms with Crippen LogP contribution in [0.5, 0.6) is 0 Å². The summed E-state index contributed by atoms with van der Waals surface area (Å²) in [6, 6.07) is 13.3. The van der Waals surface area contributed by atoms with Gasteiger partial charge in [0, 0.05) is 22.4 Å². The molecular weight excluding hydrogens is 498 g/mol. The Kier molecular flexibility index (Phi) is 12.1. The Labute approximate surface area is 234 Å². The van der Waals surface area contributed by atoms with E-state index in [4.69, 9.17) is 23.2 Å². The van der Waals surface area contributed by atoms with Crippen LogP contribution in [0, 0.1) is 0 Å². The zero-order valence-corrected chi connectivity index (χ0v) is 22.6. The number of carbonyl (C=O) groups excluding carboxylic acids is 1. The Balaban J connectivity index is 0.00000420. The molecule has 0 heterocycles. The molecule has 0 saturated carbocycles. The summed E-state index contributed by atoms with van der Waals surface area (Å²) in [6.07, 6.45) is -0.0631. The van der Waals surface area contributed by atoms with Crippen LogP contribution in [-0.4, -0.2) is 24.4 Å². The van der Waals surface area contributed by atoms with E-state index in [1.807, 2.05) is 0 Å². The molecule has 2 aromatic rings. The van der Waals surface area contributed by atoms with Gasteiger partial charge in [0.1, 0.15) is 0 Å². The minimum Gasteiger partial charge on any atom is -0.410 e. The molecule has 0 radical (unpaired) electrons. The predicted octanol–water partition coefficient (Wildman–Crippen LogP) is 0.539. The number of sulfone groups is 1. The van der Waals surface area contributed by atoms with E-state index in [1.165, 1.54) is 0 Å². The Bertz CT molecular complexity index is 940. The molecule has 29 heavy (non-hydrogen) atoms. The molecule has 11 heteroatoms. The maximum Gasteiger partial charge on any atom is 1.00 e. The van der Waals surface area contributed by atoms with Crippen LogP contribution >= 0.6 is 35.4 Å². The second-order valence-electron chi connectivity index (χ2n) is 6.09. The summed E-state index contributed by atoms with van der Waals surface area (Å²) >= 11 is 21.1. The van der Waals surface area contributed by atoms with Gasteiger partial charge in [-0.2, -0.15) is 0 Å². The number of rotatable bonds is 7. The first kappa shape index (κ1) is 27.2. The standard InChI is InChI=1S/C18H18Cl2N2O3S3.K/c19-15-5-1-12(2-6-15)10-28(24,25)11-14(9-17(23)21-22-18(26)27)13-3-7-16(20)8-4-13;/h1-8,14H,9-11H2,(H,21,23)(H2,22,26,27);/q;+1/p-1. The summed E-state index contributed by atoms with van der Waals surface area (Å²) in [5, 5.41) is 1.05. The average Bonchev–Trinajstić information content (AvgIpc) is 2.61. The summed E-state index contributed by atoms with van der Waals surface area (Å²) in [5.74, 6) is -1.34. The fraction of sp³-hybridized carbons (Fsp3) is 0.222. The van der Waals surface area contributed by atoms with Crippen molar-refractivity contribution in [2.45, 2.75) is 18.1 Å². The molecular formula is C18H17Cl2KN2O3S3. The van der Waals surface area contributed by atoms with Gasteiger partial charge in [-0.1, -0.05) is 47.5 Å². The topological polar surface area (TPSA) is 75.3 Å². The second-order valence-corrected chi connectivity index (χ2v) is 10.2. The fourth-order valence-electron chi connectivity index (χ4n) is 2.60. The van der Waals surface area contributed by atoms with E-state index in [2.05, 4.69) is 35.7 Å². The molecule has 1 amide bonds. The van der Waals surface area contributed by atoms with Crippen LogP contribution in [0.25, 0.3) is 0 Å². The zero-order valence-electron chi connectivity index (χ0n) is 15.5. The molecule has 2 rings (SSSR count). The van der Waals surface area contributed by atoms with Gasteiger partial charge in [0.25, 0.3) is 0 Å². The molecule has 2 aromatic carbocycles.